The zero-order valence-electron chi connectivity index (χ0n) is 11.7. The van der Waals surface area contributed by atoms with Gasteiger partial charge >= 0.3 is 0 Å². The molecule has 4 nitrogen and oxygen atoms in total. The number of sulfonamides is 1. The predicted molar refractivity (Wildman–Crippen MR) is 82.4 cm³/mol. The van der Waals surface area contributed by atoms with E-state index < -0.39 is 15.8 Å². The van der Waals surface area contributed by atoms with Crippen molar-refractivity contribution >= 4 is 22.4 Å². The summed E-state index contributed by atoms with van der Waals surface area (Å²) in [5.74, 6) is -0.517. The van der Waals surface area contributed by atoms with Crippen molar-refractivity contribution in [2.45, 2.75) is 37.1 Å². The third-order valence-electron chi connectivity index (χ3n) is 4.12. The van der Waals surface area contributed by atoms with Gasteiger partial charge in [-0.3, -0.25) is 0 Å². The summed E-state index contributed by atoms with van der Waals surface area (Å²) in [6.45, 7) is 1.10. The van der Waals surface area contributed by atoms with Gasteiger partial charge in [0.2, 0.25) is 10.0 Å². The summed E-state index contributed by atoms with van der Waals surface area (Å²) in [6.07, 6.45) is 3.04. The molecule has 0 aromatic heterocycles. The molecule has 2 bridgehead atoms. The van der Waals surface area contributed by atoms with E-state index in [1.165, 1.54) is 12.1 Å². The number of hydrogen-bond acceptors (Lipinski definition) is 3. The number of nitrogens with one attached hydrogen (secondary N) is 1. The van der Waals surface area contributed by atoms with Crippen LogP contribution in [-0.2, 0) is 15.8 Å². The molecule has 0 amide bonds. The van der Waals surface area contributed by atoms with Crippen molar-refractivity contribution in [3.8, 4) is 0 Å². The molecule has 1 N–H and O–H groups in total. The van der Waals surface area contributed by atoms with Crippen LogP contribution in [0.2, 0.25) is 0 Å². The molecule has 7 heteroatoms. The molecule has 2 unspecified atom stereocenters. The van der Waals surface area contributed by atoms with E-state index in [9.17, 15) is 12.8 Å². The van der Waals surface area contributed by atoms with Gasteiger partial charge in [-0.2, -0.15) is 0 Å². The average molecular weight is 335 g/mol. The molecular formula is C14H20ClFN2O2S. The van der Waals surface area contributed by atoms with Gasteiger partial charge in [-0.15, -0.1) is 12.4 Å². The highest BCUT2D eigenvalue weighted by Gasteiger charge is 2.34. The maximum absolute atomic E-state index is 13.2. The first-order valence-electron chi connectivity index (χ1n) is 7.01. The van der Waals surface area contributed by atoms with Crippen molar-refractivity contribution in [1.29, 1.82) is 0 Å². The predicted octanol–water partition coefficient (Wildman–Crippen LogP) is 1.90. The molecule has 21 heavy (non-hydrogen) atoms. The van der Waals surface area contributed by atoms with Crippen LogP contribution in [0.4, 0.5) is 4.39 Å². The Bertz CT molecular complexity index is 596. The molecule has 0 spiro atoms. The van der Waals surface area contributed by atoms with Gasteiger partial charge in [-0.1, -0.05) is 12.1 Å². The molecule has 0 radical (unpaired) electrons. The molecule has 2 fully saturated rings. The number of rotatable bonds is 3. The van der Waals surface area contributed by atoms with Crippen LogP contribution in [0.15, 0.2) is 24.3 Å². The van der Waals surface area contributed by atoms with E-state index in [4.69, 9.17) is 0 Å². The zero-order chi connectivity index (χ0) is 14.2. The van der Waals surface area contributed by atoms with E-state index in [2.05, 4.69) is 5.32 Å². The second kappa shape index (κ2) is 6.60. The van der Waals surface area contributed by atoms with Crippen molar-refractivity contribution in [3.05, 3.63) is 35.6 Å². The fourth-order valence-corrected chi connectivity index (χ4v) is 4.67. The highest BCUT2D eigenvalue weighted by atomic mass is 35.5. The van der Waals surface area contributed by atoms with E-state index in [0.717, 1.165) is 19.3 Å². The second-order valence-electron chi connectivity index (χ2n) is 5.67. The Balaban J connectivity index is 0.00000161. The van der Waals surface area contributed by atoms with Crippen LogP contribution in [-0.4, -0.2) is 37.9 Å². The summed E-state index contributed by atoms with van der Waals surface area (Å²) in [4.78, 5) is 0. The molecule has 2 saturated heterocycles. The molecule has 2 atom stereocenters. The van der Waals surface area contributed by atoms with Crippen LogP contribution in [0.3, 0.4) is 0 Å². The maximum Gasteiger partial charge on any atom is 0.218 e. The number of nitrogens with zero attached hydrogens (tertiary/aromatic N) is 1. The Morgan fingerprint density at radius 3 is 2.76 bits per heavy atom. The highest BCUT2D eigenvalue weighted by molar-refractivity contribution is 7.88. The molecule has 0 saturated carbocycles. The summed E-state index contributed by atoms with van der Waals surface area (Å²) >= 11 is 0. The Kier molecular flexibility index (Phi) is 5.24. The van der Waals surface area contributed by atoms with Gasteiger partial charge in [0.15, 0.2) is 0 Å². The third-order valence-corrected chi connectivity index (χ3v) is 5.93. The number of hydrogen-bond donors (Lipinski definition) is 1. The lowest BCUT2D eigenvalue weighted by Crippen LogP contribution is -2.39. The van der Waals surface area contributed by atoms with Crippen molar-refractivity contribution < 1.29 is 12.8 Å². The lowest BCUT2D eigenvalue weighted by Gasteiger charge is -2.23. The van der Waals surface area contributed by atoms with E-state index >= 15 is 0 Å². The Labute approximate surface area is 131 Å². The van der Waals surface area contributed by atoms with Crippen molar-refractivity contribution in [2.75, 3.05) is 13.1 Å². The normalized spacial score (nSPS) is 26.1. The summed E-state index contributed by atoms with van der Waals surface area (Å²) in [5.41, 5.74) is 0.507. The van der Waals surface area contributed by atoms with Crippen molar-refractivity contribution in [1.82, 2.24) is 9.62 Å². The highest BCUT2D eigenvalue weighted by Crippen LogP contribution is 2.23. The molecule has 118 valence electrons. The van der Waals surface area contributed by atoms with E-state index in [-0.39, 0.29) is 24.2 Å². The second-order valence-corrected chi connectivity index (χ2v) is 7.64. The summed E-state index contributed by atoms with van der Waals surface area (Å²) < 4.78 is 39.7. The van der Waals surface area contributed by atoms with Crippen LogP contribution in [0.5, 0.6) is 0 Å². The molecule has 1 aromatic carbocycles. The quantitative estimate of drug-likeness (QED) is 0.918. The van der Waals surface area contributed by atoms with Gasteiger partial charge in [-0.25, -0.2) is 17.1 Å². The molecule has 3 rings (SSSR count). The fraction of sp³-hybridized carbons (Fsp3) is 0.571. The van der Waals surface area contributed by atoms with E-state index in [1.807, 2.05) is 0 Å². The fourth-order valence-electron chi connectivity index (χ4n) is 3.09. The first kappa shape index (κ1) is 16.7. The largest absolute Gasteiger partial charge is 0.310 e. The molecular weight excluding hydrogens is 315 g/mol. The summed E-state index contributed by atoms with van der Waals surface area (Å²) in [7, 11) is -3.37. The topological polar surface area (TPSA) is 49.4 Å². The van der Waals surface area contributed by atoms with Gasteiger partial charge in [-0.05, 0) is 37.0 Å². The third kappa shape index (κ3) is 3.94. The van der Waals surface area contributed by atoms with Crippen LogP contribution in [0, 0.1) is 5.82 Å². The van der Waals surface area contributed by atoms with Crippen LogP contribution < -0.4 is 5.32 Å². The Morgan fingerprint density at radius 2 is 2.00 bits per heavy atom. The zero-order valence-corrected chi connectivity index (χ0v) is 13.3. The van der Waals surface area contributed by atoms with Gasteiger partial charge in [0.05, 0.1) is 5.75 Å². The minimum absolute atomic E-state index is 0. The van der Waals surface area contributed by atoms with Crippen LogP contribution in [0.1, 0.15) is 24.8 Å². The van der Waals surface area contributed by atoms with Crippen LogP contribution >= 0.6 is 12.4 Å². The lowest BCUT2D eigenvalue weighted by molar-refractivity contribution is 0.383. The molecule has 2 heterocycles. The molecule has 0 aliphatic carbocycles. The molecule has 2 aliphatic heterocycles. The van der Waals surface area contributed by atoms with Gasteiger partial charge in [0, 0.05) is 25.2 Å². The van der Waals surface area contributed by atoms with Gasteiger partial charge in [0.1, 0.15) is 5.82 Å². The number of halogens is 2. The van der Waals surface area contributed by atoms with E-state index in [1.54, 1.807) is 16.4 Å². The minimum Gasteiger partial charge on any atom is -0.310 e. The maximum atomic E-state index is 13.2. The van der Waals surface area contributed by atoms with Crippen molar-refractivity contribution in [2.24, 2.45) is 0 Å². The lowest BCUT2D eigenvalue weighted by atomic mass is 10.1. The van der Waals surface area contributed by atoms with Gasteiger partial charge in [0.25, 0.3) is 0 Å². The number of benzene rings is 1. The standard InChI is InChI=1S/C14H19FN2O2S.ClH/c15-12-3-1-2-11(8-12)10-20(18,19)17-7-6-13-4-5-14(9-17)16-13;/h1-3,8,13-14,16H,4-7,9-10H2;1H. The minimum atomic E-state index is -3.37. The molecule has 1 aromatic rings. The average Bonchev–Trinajstić information content (AvgIpc) is 2.67. The van der Waals surface area contributed by atoms with E-state index in [0.29, 0.717) is 24.7 Å². The van der Waals surface area contributed by atoms with Crippen LogP contribution in [0.25, 0.3) is 0 Å². The smallest absolute Gasteiger partial charge is 0.218 e. The summed E-state index contributed by atoms with van der Waals surface area (Å²) in [5, 5.41) is 3.46. The van der Waals surface area contributed by atoms with Crippen molar-refractivity contribution in [3.63, 3.8) is 0 Å². The number of fused-ring (bicyclic) bond motifs is 2. The first-order valence-corrected chi connectivity index (χ1v) is 8.62. The Hall–Kier alpha value is -0.690. The molecule has 2 aliphatic rings. The monoisotopic (exact) mass is 334 g/mol. The first-order chi connectivity index (χ1) is 9.53. The summed E-state index contributed by atoms with van der Waals surface area (Å²) in [6, 6.07) is 6.54. The Morgan fingerprint density at radius 1 is 1.24 bits per heavy atom. The SMILES string of the molecule is Cl.O=S(=O)(Cc1cccc(F)c1)N1CCC2CCC(C1)N2. The van der Waals surface area contributed by atoms with Gasteiger partial charge < -0.3 is 5.32 Å².